The number of benzene rings is 3. The molecule has 0 bridgehead atoms. The van der Waals surface area contributed by atoms with Gasteiger partial charge in [-0.25, -0.2) is 0 Å². The van der Waals surface area contributed by atoms with E-state index in [1.54, 1.807) is 12.4 Å². The Kier molecular flexibility index (Phi) is 6.13. The molecule has 6 rings (SSSR count). The Morgan fingerprint density at radius 2 is 1.61 bits per heavy atom. The summed E-state index contributed by atoms with van der Waals surface area (Å²) in [6.07, 6.45) is 3.36. The fraction of sp³-hybridized carbons (Fsp3) is 0. The second-order valence-electron chi connectivity index (χ2n) is 7.30. The third kappa shape index (κ3) is 4.31. The van der Waals surface area contributed by atoms with E-state index in [0.717, 1.165) is 14.5 Å². The van der Waals surface area contributed by atoms with E-state index >= 15 is 0 Å². The van der Waals surface area contributed by atoms with Gasteiger partial charge in [0.05, 0.1) is 0 Å². The molecule has 3 aromatic carbocycles. The fourth-order valence-corrected chi connectivity index (χ4v) is 13.5. The minimum atomic E-state index is -2.60. The average molecular weight is 803 g/mol. The van der Waals surface area contributed by atoms with Gasteiger partial charge in [-0.15, -0.1) is 0 Å². The van der Waals surface area contributed by atoms with Gasteiger partial charge >= 0.3 is 218 Å². The van der Waals surface area contributed by atoms with Gasteiger partial charge in [0.15, 0.2) is 0 Å². The molecular formula is C28H17BiN2OPt. The smallest absolute Gasteiger partial charge is 2.00 e. The number of rotatable bonds is 4. The van der Waals surface area contributed by atoms with E-state index in [1.807, 2.05) is 48.5 Å². The van der Waals surface area contributed by atoms with Crippen molar-refractivity contribution in [2.75, 3.05) is 0 Å². The van der Waals surface area contributed by atoms with E-state index in [1.165, 1.54) is 17.7 Å². The normalized spacial score (nSPS) is 12.3. The van der Waals surface area contributed by atoms with Gasteiger partial charge in [-0.1, -0.05) is 0 Å². The third-order valence-electron chi connectivity index (χ3n) is 5.32. The Morgan fingerprint density at radius 3 is 2.45 bits per heavy atom. The zero-order valence-corrected chi connectivity index (χ0v) is 23.1. The van der Waals surface area contributed by atoms with Crippen molar-refractivity contribution in [3.05, 3.63) is 115 Å². The van der Waals surface area contributed by atoms with Crippen molar-refractivity contribution in [1.82, 2.24) is 9.97 Å². The van der Waals surface area contributed by atoms with E-state index in [9.17, 15) is 0 Å². The topological polar surface area (TPSA) is 35.0 Å². The first-order valence-electron chi connectivity index (χ1n) is 10.8. The Labute approximate surface area is 216 Å². The Morgan fingerprint density at radius 1 is 0.727 bits per heavy atom. The van der Waals surface area contributed by atoms with Crippen molar-refractivity contribution in [1.29, 1.82) is 0 Å². The number of hydrogen-bond donors (Lipinski definition) is 0. The van der Waals surface area contributed by atoms with Gasteiger partial charge in [0.1, 0.15) is 0 Å². The number of hydrogen-bond acceptors (Lipinski definition) is 3. The third-order valence-corrected chi connectivity index (χ3v) is 14.6. The summed E-state index contributed by atoms with van der Waals surface area (Å²) in [6.45, 7) is 0. The van der Waals surface area contributed by atoms with Crippen LogP contribution in [0.4, 0.5) is 0 Å². The molecule has 0 radical (unpaired) electrons. The zero-order valence-electron chi connectivity index (χ0n) is 18.3. The predicted molar refractivity (Wildman–Crippen MR) is 128 cm³/mol. The molecule has 5 heteroatoms. The van der Waals surface area contributed by atoms with Crippen molar-refractivity contribution in [2.45, 2.75) is 0 Å². The number of pyridine rings is 2. The predicted octanol–water partition coefficient (Wildman–Crippen LogP) is 4.03. The van der Waals surface area contributed by atoms with Crippen LogP contribution in [0.2, 0.25) is 0 Å². The number of fused-ring (bicyclic) bond motifs is 3. The monoisotopic (exact) mass is 802 g/mol. The molecule has 0 fully saturated rings. The number of nitrogens with zero attached hydrogens (tertiary/aromatic N) is 2. The number of aromatic nitrogens is 2. The van der Waals surface area contributed by atoms with Crippen LogP contribution in [0.15, 0.2) is 103 Å². The molecule has 3 nitrogen and oxygen atoms in total. The summed E-state index contributed by atoms with van der Waals surface area (Å²) >= 11 is -2.60. The molecule has 0 atom stereocenters. The van der Waals surface area contributed by atoms with E-state index in [4.69, 9.17) is 6.11 Å². The molecule has 0 spiro atoms. The van der Waals surface area contributed by atoms with Crippen molar-refractivity contribution >= 4 is 31.7 Å². The maximum Gasteiger partial charge on any atom is 2.00 e. The fourth-order valence-electron chi connectivity index (χ4n) is 3.92. The molecule has 0 saturated carbocycles. The van der Waals surface area contributed by atoms with E-state index in [0.29, 0.717) is 17.7 Å². The van der Waals surface area contributed by atoms with Crippen LogP contribution < -0.4 is 14.7 Å². The van der Waals surface area contributed by atoms with E-state index < -0.39 is 21.8 Å². The molecule has 160 valence electrons. The van der Waals surface area contributed by atoms with Crippen LogP contribution in [0, 0.1) is 12.1 Å². The second-order valence-corrected chi connectivity index (χ2v) is 15.3. The van der Waals surface area contributed by atoms with Crippen LogP contribution >= 0.6 is 0 Å². The maximum absolute atomic E-state index is 7.83. The van der Waals surface area contributed by atoms with Gasteiger partial charge < -0.3 is 0 Å². The number of ether oxygens (including phenoxy) is 1. The van der Waals surface area contributed by atoms with Gasteiger partial charge in [0, 0.05) is 0 Å². The summed E-state index contributed by atoms with van der Waals surface area (Å²) in [6, 6.07) is 35.8. The minimum Gasteiger partial charge on any atom is 2.00 e. The summed E-state index contributed by atoms with van der Waals surface area (Å²) < 4.78 is 17.5. The van der Waals surface area contributed by atoms with Crippen LogP contribution in [0.1, 0.15) is 1.37 Å². The van der Waals surface area contributed by atoms with Crippen molar-refractivity contribution in [2.24, 2.45) is 0 Å². The largest absolute Gasteiger partial charge is 2.00 e. The molecule has 0 amide bonds. The molecule has 0 unspecified atom stereocenters. The first-order valence-corrected chi connectivity index (χ1v) is 15.5. The van der Waals surface area contributed by atoms with Crippen LogP contribution in [-0.4, -0.2) is 31.7 Å². The summed E-state index contributed by atoms with van der Waals surface area (Å²) in [5.41, 5.74) is 4.47. The molecule has 3 heterocycles. The zero-order chi connectivity index (χ0) is 22.2. The molecule has 5 aromatic rings. The molecule has 0 aliphatic carbocycles. The Hall–Kier alpha value is -2.67. The van der Waals surface area contributed by atoms with Crippen molar-refractivity contribution in [3.8, 4) is 33.9 Å². The summed E-state index contributed by atoms with van der Waals surface area (Å²) in [5, 5.41) is 0. The Balaban J connectivity index is 0.00000241. The molecule has 2 aromatic heterocycles. The second kappa shape index (κ2) is 9.67. The minimum absolute atomic E-state index is 0. The van der Waals surface area contributed by atoms with Gasteiger partial charge in [0.25, 0.3) is 0 Å². The standard InChI is InChI=1S/C23H13NO.C5H4N.Bi.Pt/c1-2-7-18(8-3-1)19-12-14-20(15-13-19)21-9-6-10-22(17-21)25-23-11-4-5-16-24-23;1-2-4-6-5-3-1;;/h1-7,9-12,14,16H;1-4H;;/q-2;;;+2/i;2D;;. The molecular weight excluding hydrogens is 784 g/mol. The maximum atomic E-state index is 7.83. The molecule has 1 aliphatic heterocycles. The van der Waals surface area contributed by atoms with Gasteiger partial charge in [-0.3, -0.25) is 0 Å². The summed E-state index contributed by atoms with van der Waals surface area (Å²) in [7, 11) is 0. The molecule has 33 heavy (non-hydrogen) atoms. The van der Waals surface area contributed by atoms with E-state index in [-0.39, 0.29) is 21.1 Å². The van der Waals surface area contributed by atoms with Crippen molar-refractivity contribution < 1.29 is 27.2 Å². The van der Waals surface area contributed by atoms with Crippen LogP contribution in [0.3, 0.4) is 0 Å². The molecule has 0 saturated heterocycles. The van der Waals surface area contributed by atoms with Crippen molar-refractivity contribution in [3.63, 3.8) is 0 Å². The summed E-state index contributed by atoms with van der Waals surface area (Å²) in [5.74, 6) is 1.16. The van der Waals surface area contributed by atoms with Crippen LogP contribution in [-0.2, 0) is 21.1 Å². The van der Waals surface area contributed by atoms with Crippen LogP contribution in [0.5, 0.6) is 11.6 Å². The Bertz CT molecular complexity index is 1460. The van der Waals surface area contributed by atoms with E-state index in [2.05, 4.69) is 58.5 Å². The first kappa shape index (κ1) is 20.9. The van der Waals surface area contributed by atoms with Crippen LogP contribution in [0.25, 0.3) is 22.3 Å². The first-order chi connectivity index (χ1) is 16.3. The van der Waals surface area contributed by atoms with Gasteiger partial charge in [0.2, 0.25) is 0 Å². The quantitative estimate of drug-likeness (QED) is 0.200. The SMILES string of the molecule is [2H]c1cc[c]([Bi]2[c]3[c-]c(-c4[c-]c(Oc5ccccn5)ccc4)ccc3-c3cccc[c]32)nc1.[Pt+2]. The molecule has 0 N–H and O–H groups in total. The van der Waals surface area contributed by atoms with Gasteiger partial charge in [-0.2, -0.15) is 0 Å². The average Bonchev–Trinajstić information content (AvgIpc) is 3.19. The van der Waals surface area contributed by atoms with Gasteiger partial charge in [-0.05, 0) is 0 Å². The summed E-state index contributed by atoms with van der Waals surface area (Å²) in [4.78, 5) is 8.90. The molecule has 1 aliphatic rings.